The second-order valence-corrected chi connectivity index (χ2v) is 5.02. The third kappa shape index (κ3) is 3.19. The molecule has 1 amide bonds. The van der Waals surface area contributed by atoms with E-state index in [2.05, 4.69) is 5.32 Å². The van der Waals surface area contributed by atoms with Gasteiger partial charge >= 0.3 is 5.97 Å². The molecule has 1 aliphatic carbocycles. The predicted octanol–water partition coefficient (Wildman–Crippen LogP) is 0.148. The van der Waals surface area contributed by atoms with Crippen molar-refractivity contribution in [3.05, 3.63) is 0 Å². The number of esters is 1. The van der Waals surface area contributed by atoms with E-state index in [0.29, 0.717) is 19.1 Å². The molecule has 1 saturated carbocycles. The average Bonchev–Trinajstić information content (AvgIpc) is 3.11. The lowest BCUT2D eigenvalue weighted by molar-refractivity contribution is -0.149. The summed E-state index contributed by atoms with van der Waals surface area (Å²) in [5.41, 5.74) is 0. The molecule has 2 aliphatic rings. The van der Waals surface area contributed by atoms with E-state index < -0.39 is 0 Å². The summed E-state index contributed by atoms with van der Waals surface area (Å²) in [6.45, 7) is 2.75. The minimum atomic E-state index is -0.210. The number of amides is 1. The first kappa shape index (κ1) is 12.4. The molecular formula is C12H20N2O3. The molecule has 2 fully saturated rings. The summed E-state index contributed by atoms with van der Waals surface area (Å²) >= 11 is 0. The van der Waals surface area contributed by atoms with Crippen LogP contribution in [0.4, 0.5) is 0 Å². The summed E-state index contributed by atoms with van der Waals surface area (Å²) in [7, 11) is 1.40. The summed E-state index contributed by atoms with van der Waals surface area (Å²) in [6, 6.07) is 0.814. The number of nitrogens with zero attached hydrogens (tertiary/aromatic N) is 1. The molecule has 5 nitrogen and oxygen atoms in total. The molecule has 2 rings (SSSR count). The van der Waals surface area contributed by atoms with Crippen LogP contribution in [-0.4, -0.2) is 49.1 Å². The van der Waals surface area contributed by atoms with Gasteiger partial charge in [0.2, 0.25) is 5.91 Å². The van der Waals surface area contributed by atoms with Crippen molar-refractivity contribution < 1.29 is 14.3 Å². The van der Waals surface area contributed by atoms with E-state index in [1.165, 1.54) is 20.0 Å². The zero-order valence-electron chi connectivity index (χ0n) is 10.4. The van der Waals surface area contributed by atoms with Crippen LogP contribution in [0.1, 0.15) is 26.2 Å². The first-order chi connectivity index (χ1) is 8.10. The molecule has 0 aromatic carbocycles. The quantitative estimate of drug-likeness (QED) is 0.713. The number of rotatable bonds is 3. The van der Waals surface area contributed by atoms with E-state index in [9.17, 15) is 9.59 Å². The molecule has 1 aliphatic heterocycles. The fourth-order valence-corrected chi connectivity index (χ4v) is 2.40. The number of methoxy groups -OCH3 is 1. The van der Waals surface area contributed by atoms with Crippen molar-refractivity contribution in [2.75, 3.05) is 20.2 Å². The van der Waals surface area contributed by atoms with E-state index in [4.69, 9.17) is 4.74 Å². The third-order valence-corrected chi connectivity index (χ3v) is 3.48. The maximum Gasteiger partial charge on any atom is 0.310 e. The van der Waals surface area contributed by atoms with E-state index in [1.807, 2.05) is 0 Å². The highest BCUT2D eigenvalue weighted by Crippen LogP contribution is 2.24. The van der Waals surface area contributed by atoms with Crippen LogP contribution >= 0.6 is 0 Å². The van der Waals surface area contributed by atoms with E-state index in [1.54, 1.807) is 11.8 Å². The molecule has 1 saturated heterocycles. The Morgan fingerprint density at radius 2 is 1.94 bits per heavy atom. The van der Waals surface area contributed by atoms with Gasteiger partial charge in [0.1, 0.15) is 0 Å². The summed E-state index contributed by atoms with van der Waals surface area (Å²) in [5, 5.41) is 3.48. The molecule has 0 radical (unpaired) electrons. The minimum absolute atomic E-state index is 0.0289. The maximum atomic E-state index is 11.6. The van der Waals surface area contributed by atoms with E-state index in [-0.39, 0.29) is 23.8 Å². The van der Waals surface area contributed by atoms with Gasteiger partial charge < -0.3 is 15.0 Å². The molecule has 1 heterocycles. The van der Waals surface area contributed by atoms with Crippen molar-refractivity contribution in [1.29, 1.82) is 0 Å². The third-order valence-electron chi connectivity index (χ3n) is 3.48. The molecule has 0 bridgehead atoms. The van der Waals surface area contributed by atoms with Gasteiger partial charge in [0.15, 0.2) is 0 Å². The van der Waals surface area contributed by atoms with Crippen LogP contribution in [0.2, 0.25) is 0 Å². The Bertz CT molecular complexity index is 315. The van der Waals surface area contributed by atoms with Crippen molar-refractivity contribution in [3.63, 3.8) is 0 Å². The Hall–Kier alpha value is -1.10. The second-order valence-electron chi connectivity index (χ2n) is 5.02. The summed E-state index contributed by atoms with van der Waals surface area (Å²) in [6.07, 6.45) is 3.19. The standard InChI is InChI=1S/C12H20N2O3/c1-8(15)14-6-9(12(16)17-2)5-11(7-14)13-10-3-4-10/h9-11,13H,3-7H2,1-2H3. The molecule has 0 aromatic heterocycles. The number of likely N-dealkylation sites (tertiary alicyclic amines) is 1. The van der Waals surface area contributed by atoms with Crippen LogP contribution in [0.3, 0.4) is 0 Å². The topological polar surface area (TPSA) is 58.6 Å². The van der Waals surface area contributed by atoms with Gasteiger partial charge in [-0.25, -0.2) is 0 Å². The smallest absolute Gasteiger partial charge is 0.310 e. The van der Waals surface area contributed by atoms with Crippen LogP contribution in [0, 0.1) is 5.92 Å². The molecule has 0 aromatic rings. The van der Waals surface area contributed by atoms with Crippen LogP contribution in [0.25, 0.3) is 0 Å². The van der Waals surface area contributed by atoms with Gasteiger partial charge in [-0.05, 0) is 19.3 Å². The Morgan fingerprint density at radius 1 is 1.24 bits per heavy atom. The van der Waals surface area contributed by atoms with Gasteiger partial charge in [0.05, 0.1) is 13.0 Å². The minimum Gasteiger partial charge on any atom is -0.469 e. The van der Waals surface area contributed by atoms with Gasteiger partial charge in [-0.1, -0.05) is 0 Å². The largest absolute Gasteiger partial charge is 0.469 e. The number of nitrogens with one attached hydrogen (secondary N) is 1. The predicted molar refractivity (Wildman–Crippen MR) is 62.3 cm³/mol. The summed E-state index contributed by atoms with van der Waals surface area (Å²) < 4.78 is 4.78. The molecule has 96 valence electrons. The number of ether oxygens (including phenoxy) is 1. The highest BCUT2D eigenvalue weighted by atomic mass is 16.5. The lowest BCUT2D eigenvalue weighted by Gasteiger charge is -2.36. The van der Waals surface area contributed by atoms with Gasteiger partial charge in [-0.3, -0.25) is 9.59 Å². The Kier molecular flexibility index (Phi) is 3.66. The molecule has 2 unspecified atom stereocenters. The highest BCUT2D eigenvalue weighted by Gasteiger charge is 2.35. The van der Waals surface area contributed by atoms with Crippen LogP contribution in [0.15, 0.2) is 0 Å². The number of carbonyl (C=O) groups is 2. The monoisotopic (exact) mass is 240 g/mol. The first-order valence-corrected chi connectivity index (χ1v) is 6.19. The lowest BCUT2D eigenvalue weighted by Crippen LogP contribution is -2.53. The maximum absolute atomic E-state index is 11.6. The van der Waals surface area contributed by atoms with Gasteiger partial charge in [-0.15, -0.1) is 0 Å². The van der Waals surface area contributed by atoms with Crippen molar-refractivity contribution in [1.82, 2.24) is 10.2 Å². The first-order valence-electron chi connectivity index (χ1n) is 6.19. The Balaban J connectivity index is 1.97. The molecule has 5 heteroatoms. The van der Waals surface area contributed by atoms with Crippen LogP contribution in [0.5, 0.6) is 0 Å². The zero-order chi connectivity index (χ0) is 12.4. The van der Waals surface area contributed by atoms with Gasteiger partial charge in [0.25, 0.3) is 0 Å². The van der Waals surface area contributed by atoms with Gasteiger partial charge in [0, 0.05) is 32.1 Å². The molecule has 17 heavy (non-hydrogen) atoms. The van der Waals surface area contributed by atoms with Gasteiger partial charge in [-0.2, -0.15) is 0 Å². The Labute approximate surface area is 101 Å². The number of hydrogen-bond acceptors (Lipinski definition) is 4. The summed E-state index contributed by atoms with van der Waals surface area (Å²) in [4.78, 5) is 24.8. The van der Waals surface area contributed by atoms with E-state index in [0.717, 1.165) is 6.42 Å². The van der Waals surface area contributed by atoms with Crippen LogP contribution in [-0.2, 0) is 14.3 Å². The number of hydrogen-bond donors (Lipinski definition) is 1. The normalized spacial score (nSPS) is 28.9. The van der Waals surface area contributed by atoms with Crippen molar-refractivity contribution in [2.24, 2.45) is 5.92 Å². The molecule has 0 spiro atoms. The zero-order valence-corrected chi connectivity index (χ0v) is 10.4. The average molecular weight is 240 g/mol. The van der Waals surface area contributed by atoms with Crippen LogP contribution < -0.4 is 5.32 Å². The Morgan fingerprint density at radius 3 is 2.47 bits per heavy atom. The highest BCUT2D eigenvalue weighted by molar-refractivity contribution is 5.77. The summed E-state index contributed by atoms with van der Waals surface area (Å²) in [5.74, 6) is -0.367. The second kappa shape index (κ2) is 5.04. The fraction of sp³-hybridized carbons (Fsp3) is 0.833. The van der Waals surface area contributed by atoms with E-state index >= 15 is 0 Å². The SMILES string of the molecule is COC(=O)C1CC(NC2CC2)CN(C(C)=O)C1. The van der Waals surface area contributed by atoms with Crippen molar-refractivity contribution in [3.8, 4) is 0 Å². The number of carbonyl (C=O) groups excluding carboxylic acids is 2. The fourth-order valence-electron chi connectivity index (χ4n) is 2.40. The molecule has 2 atom stereocenters. The van der Waals surface area contributed by atoms with Crippen molar-refractivity contribution >= 4 is 11.9 Å². The molecular weight excluding hydrogens is 220 g/mol. The lowest BCUT2D eigenvalue weighted by atomic mass is 9.94. The van der Waals surface area contributed by atoms with Crippen molar-refractivity contribution in [2.45, 2.75) is 38.3 Å². The molecule has 1 N–H and O–H groups in total. The number of piperidine rings is 1.